The van der Waals surface area contributed by atoms with Gasteiger partial charge in [0.05, 0.1) is 32.4 Å². The second kappa shape index (κ2) is 9.89. The number of methoxy groups -OCH3 is 1. The largest absolute Gasteiger partial charge is 0.493 e. The van der Waals surface area contributed by atoms with Gasteiger partial charge in [0.1, 0.15) is 11.5 Å². The van der Waals surface area contributed by atoms with Crippen molar-refractivity contribution in [3.63, 3.8) is 0 Å². The van der Waals surface area contributed by atoms with Crippen molar-refractivity contribution in [1.29, 1.82) is 0 Å². The van der Waals surface area contributed by atoms with Crippen molar-refractivity contribution in [3.8, 4) is 11.5 Å². The molecule has 0 aliphatic carbocycles. The molecular weight excluding hydrogens is 392 g/mol. The molecule has 0 atom stereocenters. The molecule has 0 N–H and O–H groups in total. The Balaban J connectivity index is 1.27. The summed E-state index contributed by atoms with van der Waals surface area (Å²) in [4.78, 5) is 13.4. The summed E-state index contributed by atoms with van der Waals surface area (Å²) in [5.74, 6) is 1.94. The van der Waals surface area contributed by atoms with Crippen molar-refractivity contribution in [2.75, 3.05) is 66.2 Å². The Hall–Kier alpha value is -1.67. The predicted molar refractivity (Wildman–Crippen MR) is 113 cm³/mol. The molecule has 0 radical (unpaired) electrons. The van der Waals surface area contributed by atoms with Crippen molar-refractivity contribution < 1.29 is 14.2 Å². The molecule has 4 rings (SSSR count). The van der Waals surface area contributed by atoms with Crippen LogP contribution >= 0.6 is 11.6 Å². The van der Waals surface area contributed by atoms with E-state index in [4.69, 9.17) is 25.8 Å². The summed E-state index contributed by atoms with van der Waals surface area (Å²) in [6.07, 6.45) is 3.79. The number of piperidine rings is 1. The third-order valence-electron chi connectivity index (χ3n) is 5.89. The van der Waals surface area contributed by atoms with Gasteiger partial charge in [0, 0.05) is 37.6 Å². The Morgan fingerprint density at radius 3 is 2.48 bits per heavy atom. The molecule has 2 fully saturated rings. The number of morpholine rings is 1. The van der Waals surface area contributed by atoms with Crippen molar-refractivity contribution in [2.24, 2.45) is 5.92 Å². The molecule has 29 heavy (non-hydrogen) atoms. The van der Waals surface area contributed by atoms with Gasteiger partial charge in [-0.1, -0.05) is 11.6 Å². The number of nitrogens with zero attached hydrogens (tertiary/aromatic N) is 4. The highest BCUT2D eigenvalue weighted by molar-refractivity contribution is 6.34. The third-order valence-corrected chi connectivity index (χ3v) is 6.19. The zero-order valence-electron chi connectivity index (χ0n) is 17.0. The molecule has 158 valence electrons. The quantitative estimate of drug-likeness (QED) is 0.638. The van der Waals surface area contributed by atoms with Crippen LogP contribution in [0.1, 0.15) is 12.8 Å². The lowest BCUT2D eigenvalue weighted by Gasteiger charge is -2.34. The van der Waals surface area contributed by atoms with Crippen LogP contribution in [0.3, 0.4) is 0 Å². The average molecular weight is 421 g/mol. The lowest BCUT2D eigenvalue weighted by molar-refractivity contribution is 0.0307. The average Bonchev–Trinajstić information content (AvgIpc) is 2.77. The summed E-state index contributed by atoms with van der Waals surface area (Å²) in [5.41, 5.74) is 0.763. The van der Waals surface area contributed by atoms with Crippen LogP contribution < -0.4 is 9.47 Å². The fourth-order valence-electron chi connectivity index (χ4n) is 4.00. The minimum Gasteiger partial charge on any atom is -0.493 e. The molecule has 3 heterocycles. The van der Waals surface area contributed by atoms with Crippen LogP contribution in [0.25, 0.3) is 10.9 Å². The maximum absolute atomic E-state index is 6.16. The highest BCUT2D eigenvalue weighted by Gasteiger charge is 2.21. The van der Waals surface area contributed by atoms with E-state index < -0.39 is 0 Å². The van der Waals surface area contributed by atoms with Gasteiger partial charge in [0.2, 0.25) is 0 Å². The Morgan fingerprint density at radius 2 is 1.76 bits per heavy atom. The minimum absolute atomic E-state index is 0.421. The molecule has 0 saturated carbocycles. The number of hydrogen-bond acceptors (Lipinski definition) is 7. The molecule has 0 amide bonds. The number of likely N-dealkylation sites (tertiary alicyclic amines) is 1. The first kappa shape index (κ1) is 20.6. The number of hydrogen-bond donors (Lipinski definition) is 0. The van der Waals surface area contributed by atoms with Crippen LogP contribution in [0.15, 0.2) is 18.5 Å². The first-order valence-electron chi connectivity index (χ1n) is 10.4. The number of rotatable bonds is 7. The standard InChI is InChI=1S/C21H29ClN4O3/c1-27-19-12-17-18(23-15-24-21(17)22)13-20(19)29-14-16-2-4-25(5-3-16)6-7-26-8-10-28-11-9-26/h12-13,15-16H,2-11,14H2,1H3. The monoisotopic (exact) mass is 420 g/mol. The van der Waals surface area contributed by atoms with Crippen LogP contribution in [0, 0.1) is 5.92 Å². The van der Waals surface area contributed by atoms with E-state index in [0.717, 1.165) is 76.2 Å². The maximum Gasteiger partial charge on any atom is 0.163 e. The molecule has 0 bridgehead atoms. The molecule has 2 saturated heterocycles. The number of benzene rings is 1. The number of aromatic nitrogens is 2. The molecule has 2 aliphatic heterocycles. The summed E-state index contributed by atoms with van der Waals surface area (Å²) in [7, 11) is 1.64. The lowest BCUT2D eigenvalue weighted by Crippen LogP contribution is -2.43. The zero-order valence-corrected chi connectivity index (χ0v) is 17.7. The van der Waals surface area contributed by atoms with E-state index >= 15 is 0 Å². The van der Waals surface area contributed by atoms with Gasteiger partial charge < -0.3 is 19.1 Å². The van der Waals surface area contributed by atoms with Crippen molar-refractivity contribution in [3.05, 3.63) is 23.6 Å². The van der Waals surface area contributed by atoms with Crippen LogP contribution in [-0.4, -0.2) is 86.0 Å². The molecule has 8 heteroatoms. The van der Waals surface area contributed by atoms with Crippen molar-refractivity contribution in [1.82, 2.24) is 19.8 Å². The van der Waals surface area contributed by atoms with Gasteiger partial charge in [-0.15, -0.1) is 0 Å². The Morgan fingerprint density at radius 1 is 1.03 bits per heavy atom. The van der Waals surface area contributed by atoms with E-state index in [-0.39, 0.29) is 0 Å². The van der Waals surface area contributed by atoms with Crippen LogP contribution in [0.4, 0.5) is 0 Å². The smallest absolute Gasteiger partial charge is 0.163 e. The Kier molecular flexibility index (Phi) is 7.02. The molecule has 2 aliphatic rings. The summed E-state index contributed by atoms with van der Waals surface area (Å²) >= 11 is 6.16. The fourth-order valence-corrected chi connectivity index (χ4v) is 4.19. The summed E-state index contributed by atoms with van der Waals surface area (Å²) in [6.45, 7) is 9.12. The number of halogens is 1. The first-order valence-corrected chi connectivity index (χ1v) is 10.7. The van der Waals surface area contributed by atoms with Crippen LogP contribution in [-0.2, 0) is 4.74 Å². The molecule has 0 unspecified atom stereocenters. The zero-order chi connectivity index (χ0) is 20.1. The van der Waals surface area contributed by atoms with E-state index in [1.165, 1.54) is 6.33 Å². The van der Waals surface area contributed by atoms with Gasteiger partial charge in [-0.2, -0.15) is 0 Å². The SMILES string of the molecule is COc1cc2c(Cl)ncnc2cc1OCC1CCN(CCN2CCOCC2)CC1. The maximum atomic E-state index is 6.16. The molecular formula is C21H29ClN4O3. The van der Waals surface area contributed by atoms with Gasteiger partial charge in [-0.3, -0.25) is 4.90 Å². The van der Waals surface area contributed by atoms with Gasteiger partial charge in [0.15, 0.2) is 11.5 Å². The van der Waals surface area contributed by atoms with Crippen molar-refractivity contribution >= 4 is 22.5 Å². The van der Waals surface area contributed by atoms with Gasteiger partial charge in [-0.05, 0) is 37.9 Å². The van der Waals surface area contributed by atoms with E-state index in [0.29, 0.717) is 29.2 Å². The topological polar surface area (TPSA) is 60.0 Å². The molecule has 1 aromatic heterocycles. The normalized spacial score (nSPS) is 19.5. The van der Waals surface area contributed by atoms with E-state index in [2.05, 4.69) is 19.8 Å². The number of fused-ring (bicyclic) bond motifs is 1. The Labute approximate surface area is 176 Å². The third kappa shape index (κ3) is 5.28. The highest BCUT2D eigenvalue weighted by atomic mass is 35.5. The van der Waals surface area contributed by atoms with Gasteiger partial charge in [-0.25, -0.2) is 9.97 Å². The van der Waals surface area contributed by atoms with Gasteiger partial charge >= 0.3 is 0 Å². The van der Waals surface area contributed by atoms with Crippen molar-refractivity contribution in [2.45, 2.75) is 12.8 Å². The van der Waals surface area contributed by atoms with Crippen LogP contribution in [0.5, 0.6) is 11.5 Å². The van der Waals surface area contributed by atoms with Crippen LogP contribution in [0.2, 0.25) is 5.15 Å². The summed E-state index contributed by atoms with van der Waals surface area (Å²) in [6, 6.07) is 3.74. The van der Waals surface area contributed by atoms with E-state index in [1.807, 2.05) is 12.1 Å². The minimum atomic E-state index is 0.421. The van der Waals surface area contributed by atoms with Gasteiger partial charge in [0.25, 0.3) is 0 Å². The first-order chi connectivity index (χ1) is 14.2. The molecule has 7 nitrogen and oxygen atoms in total. The summed E-state index contributed by atoms with van der Waals surface area (Å²) < 4.78 is 17.1. The fraction of sp³-hybridized carbons (Fsp3) is 0.619. The second-order valence-electron chi connectivity index (χ2n) is 7.73. The molecule has 1 aromatic carbocycles. The molecule has 0 spiro atoms. The van der Waals surface area contributed by atoms with E-state index in [9.17, 15) is 0 Å². The second-order valence-corrected chi connectivity index (χ2v) is 8.09. The molecule has 2 aromatic rings. The summed E-state index contributed by atoms with van der Waals surface area (Å²) in [5, 5.41) is 1.19. The highest BCUT2D eigenvalue weighted by Crippen LogP contribution is 2.34. The predicted octanol–water partition coefficient (Wildman–Crippen LogP) is 2.71. The van der Waals surface area contributed by atoms with E-state index in [1.54, 1.807) is 7.11 Å². The Bertz CT molecular complexity index is 808. The lowest BCUT2D eigenvalue weighted by atomic mass is 9.98. The number of ether oxygens (including phenoxy) is 3.